The Morgan fingerprint density at radius 1 is 0.897 bits per heavy atom. The third-order valence-corrected chi connectivity index (χ3v) is 4.96. The van der Waals surface area contributed by atoms with E-state index >= 15 is 0 Å². The van der Waals surface area contributed by atoms with Crippen LogP contribution in [0.4, 0.5) is 0 Å². The average Bonchev–Trinajstić information content (AvgIpc) is 2.74. The van der Waals surface area contributed by atoms with E-state index in [1.54, 1.807) is 31.4 Å². The van der Waals surface area contributed by atoms with Gasteiger partial charge in [-0.25, -0.2) is 15.0 Å². The van der Waals surface area contributed by atoms with Crippen LogP contribution in [0, 0.1) is 13.8 Å². The molecule has 5 heteroatoms. The molecule has 2 aromatic heterocycles. The molecule has 1 amide bonds. The third kappa shape index (κ3) is 3.47. The molecule has 0 unspecified atom stereocenters. The van der Waals surface area contributed by atoms with E-state index in [1.807, 2.05) is 62.4 Å². The van der Waals surface area contributed by atoms with E-state index in [-0.39, 0.29) is 5.91 Å². The molecule has 2 aromatic carbocycles. The van der Waals surface area contributed by atoms with Crippen molar-refractivity contribution in [2.75, 3.05) is 14.1 Å². The lowest BCUT2D eigenvalue weighted by Crippen LogP contribution is -2.23. The quantitative estimate of drug-likeness (QED) is 0.516. The largest absolute Gasteiger partial charge is 0.345 e. The van der Waals surface area contributed by atoms with Gasteiger partial charge in [0.1, 0.15) is 0 Å². The number of carbonyl (C=O) groups excluding carboxylic acids is 1. The van der Waals surface area contributed by atoms with Crippen LogP contribution in [0.3, 0.4) is 0 Å². The van der Waals surface area contributed by atoms with Gasteiger partial charge in [0.2, 0.25) is 0 Å². The van der Waals surface area contributed by atoms with Gasteiger partial charge in [-0.15, -0.1) is 0 Å². The van der Waals surface area contributed by atoms with Gasteiger partial charge < -0.3 is 4.90 Å². The van der Waals surface area contributed by atoms with Gasteiger partial charge in [-0.05, 0) is 31.5 Å². The number of aryl methyl sites for hydroxylation is 1. The van der Waals surface area contributed by atoms with Gasteiger partial charge in [0.05, 0.1) is 16.8 Å². The second-order valence-corrected chi connectivity index (χ2v) is 7.34. The summed E-state index contributed by atoms with van der Waals surface area (Å²) < 4.78 is 0. The number of fused-ring (bicyclic) bond motifs is 1. The Kier molecular flexibility index (Phi) is 4.80. The van der Waals surface area contributed by atoms with Crippen molar-refractivity contribution < 1.29 is 4.79 Å². The van der Waals surface area contributed by atoms with Crippen molar-refractivity contribution in [3.05, 3.63) is 77.6 Å². The van der Waals surface area contributed by atoms with Gasteiger partial charge in [0.25, 0.3) is 5.91 Å². The number of amides is 1. The van der Waals surface area contributed by atoms with Crippen molar-refractivity contribution in [1.82, 2.24) is 19.9 Å². The van der Waals surface area contributed by atoms with Crippen molar-refractivity contribution in [2.45, 2.75) is 13.8 Å². The van der Waals surface area contributed by atoms with Crippen molar-refractivity contribution in [3.8, 4) is 22.6 Å². The molecule has 144 valence electrons. The topological polar surface area (TPSA) is 59.0 Å². The molecule has 0 N–H and O–H groups in total. The van der Waals surface area contributed by atoms with Crippen LogP contribution in [-0.4, -0.2) is 39.9 Å². The summed E-state index contributed by atoms with van der Waals surface area (Å²) in [6.45, 7) is 3.95. The maximum absolute atomic E-state index is 13.0. The molecule has 0 saturated carbocycles. The highest BCUT2D eigenvalue weighted by Gasteiger charge is 2.20. The number of benzene rings is 2. The maximum Gasteiger partial charge on any atom is 0.254 e. The first-order chi connectivity index (χ1) is 14.0. The number of pyridine rings is 1. The minimum atomic E-state index is -0.0384. The number of aromatic nitrogens is 3. The fourth-order valence-corrected chi connectivity index (χ4v) is 3.44. The van der Waals surface area contributed by atoms with E-state index in [9.17, 15) is 4.79 Å². The summed E-state index contributed by atoms with van der Waals surface area (Å²) in [4.78, 5) is 28.5. The summed E-state index contributed by atoms with van der Waals surface area (Å²) >= 11 is 0. The van der Waals surface area contributed by atoms with Crippen molar-refractivity contribution >= 4 is 16.8 Å². The van der Waals surface area contributed by atoms with E-state index < -0.39 is 0 Å². The Balaban J connectivity index is 1.89. The minimum absolute atomic E-state index is 0.0384. The summed E-state index contributed by atoms with van der Waals surface area (Å²) in [5.74, 6) is 0.622. The summed E-state index contributed by atoms with van der Waals surface area (Å²) in [7, 11) is 3.53. The first kappa shape index (κ1) is 18.7. The summed E-state index contributed by atoms with van der Waals surface area (Å²) in [6, 6.07) is 15.8. The molecule has 29 heavy (non-hydrogen) atoms. The molecule has 0 fully saturated rings. The van der Waals surface area contributed by atoms with Gasteiger partial charge in [-0.2, -0.15) is 0 Å². The predicted octanol–water partition coefficient (Wildman–Crippen LogP) is 4.68. The van der Waals surface area contributed by atoms with Gasteiger partial charge >= 0.3 is 0 Å². The zero-order valence-corrected chi connectivity index (χ0v) is 17.0. The fraction of sp³-hybridized carbons (Fsp3) is 0.167. The Bertz CT molecular complexity index is 1200. The SMILES string of the molecule is Cc1ccc2nc(-c3cnc(-c4ccccc4)nc3)c(C)c(C(=O)N(C)C)c2c1. The molecule has 0 spiro atoms. The first-order valence-corrected chi connectivity index (χ1v) is 9.46. The molecule has 5 nitrogen and oxygen atoms in total. The monoisotopic (exact) mass is 382 g/mol. The van der Waals surface area contributed by atoms with Crippen LogP contribution in [0.1, 0.15) is 21.5 Å². The average molecular weight is 382 g/mol. The van der Waals surface area contributed by atoms with Crippen LogP contribution in [0.25, 0.3) is 33.5 Å². The van der Waals surface area contributed by atoms with Gasteiger partial charge in [-0.3, -0.25) is 4.79 Å². The van der Waals surface area contributed by atoms with E-state index in [0.717, 1.165) is 38.9 Å². The zero-order valence-electron chi connectivity index (χ0n) is 17.0. The Hall–Kier alpha value is -3.60. The van der Waals surface area contributed by atoms with E-state index in [2.05, 4.69) is 9.97 Å². The highest BCUT2D eigenvalue weighted by molar-refractivity contribution is 6.08. The molecule has 0 radical (unpaired) electrons. The second-order valence-electron chi connectivity index (χ2n) is 7.34. The highest BCUT2D eigenvalue weighted by atomic mass is 16.2. The molecular formula is C24H22N4O. The minimum Gasteiger partial charge on any atom is -0.345 e. The predicted molar refractivity (Wildman–Crippen MR) is 116 cm³/mol. The van der Waals surface area contributed by atoms with Crippen molar-refractivity contribution in [3.63, 3.8) is 0 Å². The number of nitrogens with zero attached hydrogens (tertiary/aromatic N) is 4. The van der Waals surface area contributed by atoms with Crippen LogP contribution in [-0.2, 0) is 0 Å². The second kappa shape index (κ2) is 7.43. The van der Waals surface area contributed by atoms with Crippen LogP contribution >= 0.6 is 0 Å². The maximum atomic E-state index is 13.0. The summed E-state index contributed by atoms with van der Waals surface area (Å²) in [6.07, 6.45) is 3.54. The molecule has 0 aliphatic rings. The Morgan fingerprint density at radius 2 is 1.59 bits per heavy atom. The normalized spacial score (nSPS) is 10.9. The lowest BCUT2D eigenvalue weighted by molar-refractivity contribution is 0.0829. The number of carbonyl (C=O) groups is 1. The van der Waals surface area contributed by atoms with Crippen molar-refractivity contribution in [1.29, 1.82) is 0 Å². The number of hydrogen-bond acceptors (Lipinski definition) is 4. The molecule has 0 aliphatic carbocycles. The first-order valence-electron chi connectivity index (χ1n) is 9.46. The van der Waals surface area contributed by atoms with Gasteiger partial charge in [-0.1, -0.05) is 42.0 Å². The Labute approximate surface area is 170 Å². The molecule has 0 saturated heterocycles. The zero-order chi connectivity index (χ0) is 20.5. The van der Waals surface area contributed by atoms with E-state index in [0.29, 0.717) is 11.4 Å². The molecule has 4 rings (SSSR count). The molecular weight excluding hydrogens is 360 g/mol. The summed E-state index contributed by atoms with van der Waals surface area (Å²) in [5, 5.41) is 0.867. The molecule has 0 bridgehead atoms. The molecule has 2 heterocycles. The number of rotatable bonds is 3. The van der Waals surface area contributed by atoms with Crippen LogP contribution in [0.5, 0.6) is 0 Å². The van der Waals surface area contributed by atoms with Gasteiger partial charge in [0, 0.05) is 43.0 Å². The molecule has 0 aliphatic heterocycles. The lowest BCUT2D eigenvalue weighted by Gasteiger charge is -2.17. The van der Waals surface area contributed by atoms with Crippen LogP contribution in [0.15, 0.2) is 60.9 Å². The van der Waals surface area contributed by atoms with E-state index in [1.165, 1.54) is 0 Å². The third-order valence-electron chi connectivity index (χ3n) is 4.96. The number of hydrogen-bond donors (Lipinski definition) is 0. The van der Waals surface area contributed by atoms with Crippen LogP contribution < -0.4 is 0 Å². The molecule has 0 atom stereocenters. The summed E-state index contributed by atoms with van der Waals surface area (Å²) in [5.41, 5.74) is 5.86. The van der Waals surface area contributed by atoms with Crippen LogP contribution in [0.2, 0.25) is 0 Å². The molecule has 4 aromatic rings. The lowest BCUT2D eigenvalue weighted by atomic mass is 9.97. The fourth-order valence-electron chi connectivity index (χ4n) is 3.44. The highest BCUT2D eigenvalue weighted by Crippen LogP contribution is 2.31. The van der Waals surface area contributed by atoms with E-state index in [4.69, 9.17) is 4.98 Å². The standard InChI is InChI=1S/C24H22N4O/c1-15-10-11-20-19(12-15)21(24(29)28(3)4)16(2)22(27-20)18-13-25-23(26-14-18)17-8-6-5-7-9-17/h5-14H,1-4H3. The van der Waals surface area contributed by atoms with Gasteiger partial charge in [0.15, 0.2) is 5.82 Å². The smallest absolute Gasteiger partial charge is 0.254 e. The Morgan fingerprint density at radius 3 is 2.24 bits per heavy atom. The van der Waals surface area contributed by atoms with Crippen molar-refractivity contribution in [2.24, 2.45) is 0 Å².